The van der Waals surface area contributed by atoms with Crippen LogP contribution in [0.3, 0.4) is 0 Å². The molecule has 2 N–H and O–H groups in total. The Morgan fingerprint density at radius 1 is 1.50 bits per heavy atom. The first-order valence-corrected chi connectivity index (χ1v) is 3.72. The van der Waals surface area contributed by atoms with E-state index in [2.05, 4.69) is 0 Å². The van der Waals surface area contributed by atoms with Crippen molar-refractivity contribution in [2.24, 2.45) is 11.7 Å². The highest BCUT2D eigenvalue weighted by Gasteiger charge is 2.43. The molecule has 3 atom stereocenters. The summed E-state index contributed by atoms with van der Waals surface area (Å²) in [6.07, 6.45) is 3.28. The zero-order valence-electron chi connectivity index (χ0n) is 5.75. The number of carbonyl (C=O) groups is 1. The average molecular weight is 141 g/mol. The fraction of sp³-hybridized carbons (Fsp3) is 0.857. The highest BCUT2D eigenvalue weighted by Crippen LogP contribution is 2.40. The van der Waals surface area contributed by atoms with Gasteiger partial charge in [-0.15, -0.1) is 0 Å². The summed E-state index contributed by atoms with van der Waals surface area (Å²) in [7, 11) is 0. The summed E-state index contributed by atoms with van der Waals surface area (Å²) < 4.78 is 5.35. The van der Waals surface area contributed by atoms with Gasteiger partial charge in [0.15, 0.2) is 0 Å². The molecule has 0 radical (unpaired) electrons. The maximum absolute atomic E-state index is 10.6. The second-order valence-electron chi connectivity index (χ2n) is 3.14. The van der Waals surface area contributed by atoms with Crippen LogP contribution in [-0.4, -0.2) is 18.1 Å². The van der Waals surface area contributed by atoms with Crippen LogP contribution in [0.25, 0.3) is 0 Å². The molecule has 56 valence electrons. The Labute approximate surface area is 59.5 Å². The molecule has 3 unspecified atom stereocenters. The summed E-state index contributed by atoms with van der Waals surface area (Å²) >= 11 is 0. The van der Waals surface area contributed by atoms with Crippen LogP contribution in [0.1, 0.15) is 19.3 Å². The number of hydrogen-bond donors (Lipinski definition) is 1. The van der Waals surface area contributed by atoms with Crippen LogP contribution in [0.15, 0.2) is 0 Å². The second-order valence-corrected chi connectivity index (χ2v) is 3.14. The Hall–Kier alpha value is -0.570. The van der Waals surface area contributed by atoms with Crippen LogP contribution in [0, 0.1) is 5.92 Å². The molecular weight excluding hydrogens is 130 g/mol. The number of carbonyl (C=O) groups excluding carboxylic acids is 1. The minimum absolute atomic E-state index is 0.280. The van der Waals surface area contributed by atoms with Gasteiger partial charge in [-0.05, 0) is 25.2 Å². The number of primary amides is 1. The molecule has 0 spiro atoms. The van der Waals surface area contributed by atoms with Crippen molar-refractivity contribution < 1.29 is 9.53 Å². The SMILES string of the molecule is NC(=O)C1CC2CCC2O1. The van der Waals surface area contributed by atoms with E-state index in [0.717, 1.165) is 12.8 Å². The first-order valence-electron chi connectivity index (χ1n) is 3.72. The quantitative estimate of drug-likeness (QED) is 0.560. The van der Waals surface area contributed by atoms with Gasteiger partial charge in [-0.1, -0.05) is 0 Å². The van der Waals surface area contributed by atoms with Crippen LogP contribution in [-0.2, 0) is 9.53 Å². The summed E-state index contributed by atoms with van der Waals surface area (Å²) in [6, 6.07) is 0. The highest BCUT2D eigenvalue weighted by molar-refractivity contribution is 5.79. The first-order chi connectivity index (χ1) is 4.77. The van der Waals surface area contributed by atoms with E-state index in [4.69, 9.17) is 10.5 Å². The summed E-state index contributed by atoms with van der Waals surface area (Å²) in [4.78, 5) is 10.6. The van der Waals surface area contributed by atoms with Crippen molar-refractivity contribution in [3.63, 3.8) is 0 Å². The van der Waals surface area contributed by atoms with E-state index in [0.29, 0.717) is 12.0 Å². The van der Waals surface area contributed by atoms with Gasteiger partial charge in [-0.25, -0.2) is 0 Å². The molecule has 2 aliphatic rings. The number of rotatable bonds is 1. The van der Waals surface area contributed by atoms with Crippen LogP contribution in [0.4, 0.5) is 0 Å². The largest absolute Gasteiger partial charge is 0.367 e. The lowest BCUT2D eigenvalue weighted by Gasteiger charge is -2.27. The maximum Gasteiger partial charge on any atom is 0.246 e. The lowest BCUT2D eigenvalue weighted by molar-refractivity contribution is -0.129. The van der Waals surface area contributed by atoms with Crippen LogP contribution >= 0.6 is 0 Å². The van der Waals surface area contributed by atoms with E-state index in [1.54, 1.807) is 0 Å². The molecule has 0 aromatic heterocycles. The number of amides is 1. The molecule has 2 rings (SSSR count). The van der Waals surface area contributed by atoms with Crippen LogP contribution in [0.5, 0.6) is 0 Å². The Bertz CT molecular complexity index is 157. The number of nitrogens with two attached hydrogens (primary N) is 1. The molecular formula is C7H11NO2. The number of ether oxygens (including phenoxy) is 1. The molecule has 0 aromatic rings. The van der Waals surface area contributed by atoms with Gasteiger partial charge in [-0.3, -0.25) is 4.79 Å². The van der Waals surface area contributed by atoms with Crippen molar-refractivity contribution in [3.8, 4) is 0 Å². The normalized spacial score (nSPS) is 44.2. The Morgan fingerprint density at radius 3 is 2.60 bits per heavy atom. The van der Waals surface area contributed by atoms with Gasteiger partial charge in [0.05, 0.1) is 6.10 Å². The monoisotopic (exact) mass is 141 g/mol. The van der Waals surface area contributed by atoms with Gasteiger partial charge < -0.3 is 10.5 Å². The smallest absolute Gasteiger partial charge is 0.246 e. The van der Waals surface area contributed by atoms with E-state index in [9.17, 15) is 4.79 Å². The third-order valence-electron chi connectivity index (χ3n) is 2.52. The maximum atomic E-state index is 10.6. The van der Waals surface area contributed by atoms with Crippen LogP contribution < -0.4 is 5.73 Å². The van der Waals surface area contributed by atoms with Gasteiger partial charge in [0.1, 0.15) is 6.10 Å². The van der Waals surface area contributed by atoms with Gasteiger partial charge in [-0.2, -0.15) is 0 Å². The minimum Gasteiger partial charge on any atom is -0.367 e. The van der Waals surface area contributed by atoms with Crippen molar-refractivity contribution in [1.82, 2.24) is 0 Å². The third kappa shape index (κ3) is 0.736. The third-order valence-corrected chi connectivity index (χ3v) is 2.52. The van der Waals surface area contributed by atoms with Crippen molar-refractivity contribution in [2.45, 2.75) is 31.5 Å². The lowest BCUT2D eigenvalue weighted by Crippen LogP contribution is -2.29. The molecule has 10 heavy (non-hydrogen) atoms. The van der Waals surface area contributed by atoms with E-state index >= 15 is 0 Å². The Kier molecular flexibility index (Phi) is 1.20. The van der Waals surface area contributed by atoms with E-state index in [1.807, 2.05) is 0 Å². The van der Waals surface area contributed by atoms with E-state index < -0.39 is 0 Å². The molecule has 2 fully saturated rings. The summed E-state index contributed by atoms with van der Waals surface area (Å²) in [5.41, 5.74) is 5.09. The minimum atomic E-state index is -0.297. The topological polar surface area (TPSA) is 52.3 Å². The first kappa shape index (κ1) is 6.16. The molecule has 1 aliphatic carbocycles. The zero-order chi connectivity index (χ0) is 7.14. The molecule has 1 aliphatic heterocycles. The van der Waals surface area contributed by atoms with Crippen LogP contribution in [0.2, 0.25) is 0 Å². The predicted molar refractivity (Wildman–Crippen MR) is 35.2 cm³/mol. The van der Waals surface area contributed by atoms with Gasteiger partial charge in [0, 0.05) is 0 Å². The molecule has 3 nitrogen and oxygen atoms in total. The molecule has 0 bridgehead atoms. The number of fused-ring (bicyclic) bond motifs is 1. The van der Waals surface area contributed by atoms with E-state index in [1.165, 1.54) is 6.42 Å². The highest BCUT2D eigenvalue weighted by atomic mass is 16.5. The predicted octanol–water partition coefficient (Wildman–Crippen LogP) is 0.0392. The van der Waals surface area contributed by atoms with E-state index in [-0.39, 0.29) is 12.0 Å². The van der Waals surface area contributed by atoms with Crippen molar-refractivity contribution in [1.29, 1.82) is 0 Å². The van der Waals surface area contributed by atoms with Gasteiger partial charge in [0.25, 0.3) is 0 Å². The fourth-order valence-electron chi connectivity index (χ4n) is 1.71. The van der Waals surface area contributed by atoms with Crippen molar-refractivity contribution in [3.05, 3.63) is 0 Å². The molecule has 1 saturated carbocycles. The van der Waals surface area contributed by atoms with Crippen molar-refractivity contribution >= 4 is 5.91 Å². The molecule has 1 saturated heterocycles. The molecule has 0 aromatic carbocycles. The second kappa shape index (κ2) is 1.95. The Balaban J connectivity index is 1.98. The zero-order valence-corrected chi connectivity index (χ0v) is 5.75. The average Bonchev–Trinajstić information content (AvgIpc) is 2.09. The van der Waals surface area contributed by atoms with Crippen molar-refractivity contribution in [2.75, 3.05) is 0 Å². The summed E-state index contributed by atoms with van der Waals surface area (Å²) in [6.45, 7) is 0. The fourth-order valence-corrected chi connectivity index (χ4v) is 1.71. The standard InChI is InChI=1S/C7H11NO2/c8-7(9)6-3-4-1-2-5(4)10-6/h4-6H,1-3H2,(H2,8,9). The Morgan fingerprint density at radius 2 is 2.30 bits per heavy atom. The van der Waals surface area contributed by atoms with Gasteiger partial charge in [0.2, 0.25) is 5.91 Å². The summed E-state index contributed by atoms with van der Waals surface area (Å²) in [5.74, 6) is 0.340. The summed E-state index contributed by atoms with van der Waals surface area (Å²) in [5, 5.41) is 0. The molecule has 1 amide bonds. The molecule has 1 heterocycles. The lowest BCUT2D eigenvalue weighted by atomic mass is 9.81. The van der Waals surface area contributed by atoms with Gasteiger partial charge >= 0.3 is 0 Å². The molecule has 3 heteroatoms. The number of hydrogen-bond acceptors (Lipinski definition) is 2.